The van der Waals surface area contributed by atoms with Crippen LogP contribution < -0.4 is 4.90 Å². The van der Waals surface area contributed by atoms with Gasteiger partial charge in [0.05, 0.1) is 18.3 Å². The number of hydrogen-bond acceptors (Lipinski definition) is 7. The number of para-hydroxylation sites is 1. The van der Waals surface area contributed by atoms with Crippen molar-refractivity contribution in [3.8, 4) is 0 Å². The summed E-state index contributed by atoms with van der Waals surface area (Å²) >= 11 is 0. The molecule has 0 saturated carbocycles. The third-order valence-corrected chi connectivity index (χ3v) is 4.94. The molecule has 2 heterocycles. The number of nitrogens with zero attached hydrogens (tertiary/aromatic N) is 6. The van der Waals surface area contributed by atoms with Crippen LogP contribution in [0, 0.1) is 11.7 Å². The van der Waals surface area contributed by atoms with Crippen molar-refractivity contribution in [1.29, 1.82) is 0 Å². The summed E-state index contributed by atoms with van der Waals surface area (Å²) in [7, 11) is 0. The molecule has 0 amide bonds. The number of carbonyl (C=O) groups excluding carboxylic acids is 1. The maximum Gasteiger partial charge on any atom is 0.327 e. The minimum absolute atomic E-state index is 0.00537. The topological polar surface area (TPSA) is 76.4 Å². The van der Waals surface area contributed by atoms with E-state index in [1.807, 2.05) is 12.1 Å². The highest BCUT2D eigenvalue weighted by Gasteiger charge is 2.32. The van der Waals surface area contributed by atoms with E-state index in [0.29, 0.717) is 31.2 Å². The van der Waals surface area contributed by atoms with Crippen LogP contribution in [0.5, 0.6) is 0 Å². The summed E-state index contributed by atoms with van der Waals surface area (Å²) in [4.78, 5) is 16.2. The average Bonchev–Trinajstić information content (AvgIpc) is 3.10. The Labute approximate surface area is 164 Å². The Morgan fingerprint density at radius 3 is 2.57 bits per heavy atom. The van der Waals surface area contributed by atoms with E-state index in [4.69, 9.17) is 4.74 Å². The number of anilines is 1. The zero-order chi connectivity index (χ0) is 20.1. The van der Waals surface area contributed by atoms with Crippen molar-refractivity contribution in [2.24, 2.45) is 5.92 Å². The van der Waals surface area contributed by atoms with Gasteiger partial charge >= 0.3 is 5.97 Å². The van der Waals surface area contributed by atoms with Gasteiger partial charge in [-0.05, 0) is 35.4 Å². The monoisotopic (exact) mass is 390 g/mol. The number of aromatic nitrogens is 4. The molecule has 1 aromatic carbocycles. The molecule has 0 bridgehead atoms. The van der Waals surface area contributed by atoms with Crippen LogP contribution in [-0.2, 0) is 16.1 Å². The van der Waals surface area contributed by atoms with Gasteiger partial charge in [0.1, 0.15) is 12.4 Å². The summed E-state index contributed by atoms with van der Waals surface area (Å²) in [5, 5.41) is 12.0. The molecule has 0 aliphatic carbocycles. The van der Waals surface area contributed by atoms with Crippen molar-refractivity contribution in [2.75, 3.05) is 37.7 Å². The van der Waals surface area contributed by atoms with E-state index >= 15 is 0 Å². The number of tetrazole rings is 1. The summed E-state index contributed by atoms with van der Waals surface area (Å²) in [5.41, 5.74) is 0.635. The third-order valence-electron chi connectivity index (χ3n) is 4.94. The van der Waals surface area contributed by atoms with Crippen molar-refractivity contribution in [2.45, 2.75) is 33.4 Å². The fourth-order valence-electron chi connectivity index (χ4n) is 3.70. The van der Waals surface area contributed by atoms with E-state index in [1.54, 1.807) is 13.0 Å². The van der Waals surface area contributed by atoms with Crippen LogP contribution >= 0.6 is 0 Å². The first-order valence-corrected chi connectivity index (χ1v) is 9.66. The van der Waals surface area contributed by atoms with Gasteiger partial charge in [-0.1, -0.05) is 26.0 Å². The van der Waals surface area contributed by atoms with Crippen LogP contribution in [-0.4, -0.2) is 63.9 Å². The van der Waals surface area contributed by atoms with E-state index in [9.17, 15) is 9.18 Å². The Hall–Kier alpha value is -2.55. The summed E-state index contributed by atoms with van der Waals surface area (Å²) in [6, 6.07) is 6.82. The van der Waals surface area contributed by atoms with Gasteiger partial charge in [0.25, 0.3) is 0 Å². The van der Waals surface area contributed by atoms with Gasteiger partial charge in [-0.2, -0.15) is 0 Å². The lowest BCUT2D eigenvalue weighted by Crippen LogP contribution is -2.49. The van der Waals surface area contributed by atoms with Gasteiger partial charge in [-0.3, -0.25) is 9.69 Å². The minimum Gasteiger partial charge on any atom is -0.465 e. The van der Waals surface area contributed by atoms with Crippen molar-refractivity contribution >= 4 is 11.7 Å². The van der Waals surface area contributed by atoms with Gasteiger partial charge in [-0.25, -0.2) is 9.07 Å². The standard InChI is InChI=1S/C19H27FN6O2/c1-4-28-17(27)13-26-19(21-22-23-26)18(14(2)3)25-11-9-24(10-12-25)16-8-6-5-7-15(16)20/h5-8,14,18H,4,9-13H2,1-3H3/t18-/m1/s1. The molecule has 0 radical (unpaired) electrons. The summed E-state index contributed by atoms with van der Waals surface area (Å²) in [6.45, 7) is 9.23. The van der Waals surface area contributed by atoms with E-state index in [1.165, 1.54) is 10.7 Å². The van der Waals surface area contributed by atoms with Gasteiger partial charge in [0.2, 0.25) is 0 Å². The van der Waals surface area contributed by atoms with Gasteiger partial charge in [0.15, 0.2) is 5.82 Å². The molecule has 1 saturated heterocycles. The molecule has 0 N–H and O–H groups in total. The fourth-order valence-corrected chi connectivity index (χ4v) is 3.70. The highest BCUT2D eigenvalue weighted by molar-refractivity contribution is 5.69. The Bertz CT molecular complexity index is 788. The Balaban J connectivity index is 1.72. The number of rotatable bonds is 7. The first kappa shape index (κ1) is 20.2. The highest BCUT2D eigenvalue weighted by Crippen LogP contribution is 2.29. The number of ether oxygens (including phenoxy) is 1. The molecular formula is C19H27FN6O2. The fraction of sp³-hybridized carbons (Fsp3) is 0.579. The number of esters is 1. The first-order valence-electron chi connectivity index (χ1n) is 9.66. The third kappa shape index (κ3) is 4.46. The second-order valence-corrected chi connectivity index (χ2v) is 7.16. The van der Waals surface area contributed by atoms with E-state index < -0.39 is 0 Å². The Kier molecular flexibility index (Phi) is 6.56. The van der Waals surface area contributed by atoms with Crippen LogP contribution in [0.15, 0.2) is 24.3 Å². The lowest BCUT2D eigenvalue weighted by Gasteiger charge is -2.41. The van der Waals surface area contributed by atoms with E-state index in [-0.39, 0.29) is 30.3 Å². The lowest BCUT2D eigenvalue weighted by atomic mass is 10.0. The molecule has 1 aliphatic rings. The van der Waals surface area contributed by atoms with Crippen LogP contribution in [0.2, 0.25) is 0 Å². The molecule has 1 aliphatic heterocycles. The zero-order valence-electron chi connectivity index (χ0n) is 16.6. The Morgan fingerprint density at radius 2 is 1.93 bits per heavy atom. The minimum atomic E-state index is -0.358. The molecule has 0 unspecified atom stereocenters. The van der Waals surface area contributed by atoms with Crippen molar-refractivity contribution in [1.82, 2.24) is 25.1 Å². The smallest absolute Gasteiger partial charge is 0.327 e. The second kappa shape index (κ2) is 9.09. The van der Waals surface area contributed by atoms with E-state index in [2.05, 4.69) is 39.2 Å². The average molecular weight is 390 g/mol. The largest absolute Gasteiger partial charge is 0.465 e. The SMILES string of the molecule is CCOC(=O)Cn1nnnc1[C@@H](C(C)C)N1CCN(c2ccccc2F)CC1. The van der Waals surface area contributed by atoms with Gasteiger partial charge in [-0.15, -0.1) is 5.10 Å². The summed E-state index contributed by atoms with van der Waals surface area (Å²) < 4.78 is 20.6. The van der Waals surface area contributed by atoms with Crippen LogP contribution in [0.1, 0.15) is 32.6 Å². The molecule has 3 rings (SSSR count). The number of benzene rings is 1. The molecule has 152 valence electrons. The highest BCUT2D eigenvalue weighted by atomic mass is 19.1. The molecule has 1 atom stereocenters. The van der Waals surface area contributed by atoms with E-state index in [0.717, 1.165) is 13.1 Å². The summed E-state index contributed by atoms with van der Waals surface area (Å²) in [6.07, 6.45) is 0. The normalized spacial score (nSPS) is 16.4. The number of carbonyl (C=O) groups is 1. The molecular weight excluding hydrogens is 363 g/mol. The van der Waals surface area contributed by atoms with Crippen LogP contribution in [0.4, 0.5) is 10.1 Å². The maximum atomic E-state index is 14.1. The molecule has 8 nitrogen and oxygen atoms in total. The quantitative estimate of drug-likeness (QED) is 0.668. The number of halogens is 1. The molecule has 9 heteroatoms. The van der Waals surface area contributed by atoms with Gasteiger partial charge in [0, 0.05) is 26.2 Å². The maximum absolute atomic E-state index is 14.1. The van der Waals surface area contributed by atoms with Crippen molar-refractivity contribution in [3.05, 3.63) is 35.9 Å². The predicted octanol–water partition coefficient (Wildman–Crippen LogP) is 1.89. The number of piperazine rings is 1. The Morgan fingerprint density at radius 1 is 1.21 bits per heavy atom. The first-order chi connectivity index (χ1) is 13.5. The zero-order valence-corrected chi connectivity index (χ0v) is 16.6. The lowest BCUT2D eigenvalue weighted by molar-refractivity contribution is -0.144. The molecule has 1 fully saturated rings. The molecule has 0 spiro atoms. The van der Waals surface area contributed by atoms with Crippen molar-refractivity contribution in [3.63, 3.8) is 0 Å². The molecule has 1 aromatic heterocycles. The van der Waals surface area contributed by atoms with Gasteiger partial charge < -0.3 is 9.64 Å². The molecule has 28 heavy (non-hydrogen) atoms. The number of hydrogen-bond donors (Lipinski definition) is 0. The van der Waals surface area contributed by atoms with Crippen LogP contribution in [0.3, 0.4) is 0 Å². The predicted molar refractivity (Wildman–Crippen MR) is 102 cm³/mol. The van der Waals surface area contributed by atoms with Crippen LogP contribution in [0.25, 0.3) is 0 Å². The summed E-state index contributed by atoms with van der Waals surface area (Å²) in [5.74, 6) is 0.340. The van der Waals surface area contributed by atoms with Crippen molar-refractivity contribution < 1.29 is 13.9 Å². The second-order valence-electron chi connectivity index (χ2n) is 7.16. The molecule has 2 aromatic rings.